The molecular weight excluding hydrogens is 224 g/mol. The molecule has 86 valence electrons. The van der Waals surface area contributed by atoms with Crippen molar-refractivity contribution >= 4 is 17.6 Å². The second-order valence-corrected chi connectivity index (χ2v) is 5.79. The largest absolute Gasteiger partial charge is 0.481 e. The van der Waals surface area contributed by atoms with E-state index in [2.05, 4.69) is 13.8 Å². The average Bonchev–Trinajstić information content (AvgIpc) is 2.14. The van der Waals surface area contributed by atoms with Gasteiger partial charge >= 0.3 is 5.97 Å². The maximum atomic E-state index is 11.5. The van der Waals surface area contributed by atoms with Gasteiger partial charge in [0.25, 0.3) is 0 Å². The Morgan fingerprint density at radius 1 is 1.31 bits per heavy atom. The van der Waals surface area contributed by atoms with Crippen LogP contribution in [0.25, 0.3) is 0 Å². The van der Waals surface area contributed by atoms with Crippen LogP contribution in [0.5, 0.6) is 0 Å². The zero-order chi connectivity index (χ0) is 12.0. The van der Waals surface area contributed by atoms with Gasteiger partial charge in [0.2, 0.25) is 0 Å². The number of benzene rings is 1. The first kappa shape index (κ1) is 11.5. The van der Waals surface area contributed by atoms with Crippen LogP contribution in [-0.4, -0.2) is 11.1 Å². The molecule has 0 radical (unpaired) electrons. The molecule has 0 atom stereocenters. The number of hydrogen-bond acceptors (Lipinski definition) is 1. The molecule has 1 aromatic rings. The number of carbonyl (C=O) groups is 1. The summed E-state index contributed by atoms with van der Waals surface area (Å²) in [4.78, 5) is 11.5. The molecule has 0 unspecified atom stereocenters. The summed E-state index contributed by atoms with van der Waals surface area (Å²) in [7, 11) is 0. The van der Waals surface area contributed by atoms with Gasteiger partial charge in [-0.3, -0.25) is 4.79 Å². The van der Waals surface area contributed by atoms with Crippen LogP contribution in [0.15, 0.2) is 24.3 Å². The fourth-order valence-corrected chi connectivity index (χ4v) is 3.20. The molecule has 2 rings (SSSR count). The topological polar surface area (TPSA) is 37.3 Å². The second kappa shape index (κ2) is 3.49. The van der Waals surface area contributed by atoms with Gasteiger partial charge in [-0.25, -0.2) is 0 Å². The number of carboxylic acids is 1. The molecular formula is C13H15ClO2. The van der Waals surface area contributed by atoms with E-state index >= 15 is 0 Å². The Morgan fingerprint density at radius 2 is 1.88 bits per heavy atom. The SMILES string of the molecule is CC1(C)CC(C(=O)O)(c2ccccc2Cl)C1. The van der Waals surface area contributed by atoms with Gasteiger partial charge in [0.1, 0.15) is 0 Å². The minimum atomic E-state index is -0.776. The van der Waals surface area contributed by atoms with Gasteiger partial charge < -0.3 is 5.11 Å². The van der Waals surface area contributed by atoms with Crippen LogP contribution in [0.4, 0.5) is 0 Å². The number of carboxylic acid groups (broad SMARTS) is 1. The fraction of sp³-hybridized carbons (Fsp3) is 0.462. The Bertz CT molecular complexity index is 429. The quantitative estimate of drug-likeness (QED) is 0.857. The highest BCUT2D eigenvalue weighted by Gasteiger charge is 2.56. The smallest absolute Gasteiger partial charge is 0.314 e. The van der Waals surface area contributed by atoms with Crippen molar-refractivity contribution in [2.24, 2.45) is 5.41 Å². The predicted molar refractivity (Wildman–Crippen MR) is 63.8 cm³/mol. The van der Waals surface area contributed by atoms with Gasteiger partial charge in [-0.15, -0.1) is 0 Å². The molecule has 0 aliphatic heterocycles. The molecule has 0 spiro atoms. The lowest BCUT2D eigenvalue weighted by molar-refractivity contribution is -0.153. The summed E-state index contributed by atoms with van der Waals surface area (Å²) in [5.41, 5.74) is 0.0721. The van der Waals surface area contributed by atoms with Gasteiger partial charge in [0, 0.05) is 5.02 Å². The number of rotatable bonds is 2. The highest BCUT2D eigenvalue weighted by Crippen LogP contribution is 2.56. The molecule has 0 bridgehead atoms. The van der Waals surface area contributed by atoms with Crippen LogP contribution in [-0.2, 0) is 10.2 Å². The summed E-state index contributed by atoms with van der Waals surface area (Å²) in [6.07, 6.45) is 1.30. The van der Waals surface area contributed by atoms with E-state index in [1.807, 2.05) is 18.2 Å². The van der Waals surface area contributed by atoms with Crippen molar-refractivity contribution in [1.29, 1.82) is 0 Å². The minimum Gasteiger partial charge on any atom is -0.481 e. The molecule has 1 N–H and O–H groups in total. The number of aliphatic carboxylic acids is 1. The summed E-state index contributed by atoms with van der Waals surface area (Å²) in [6, 6.07) is 7.25. The van der Waals surface area contributed by atoms with Gasteiger partial charge in [0.05, 0.1) is 5.41 Å². The van der Waals surface area contributed by atoms with Crippen molar-refractivity contribution in [3.05, 3.63) is 34.9 Å². The fourth-order valence-electron chi connectivity index (χ4n) is 2.89. The molecule has 1 aliphatic rings. The maximum absolute atomic E-state index is 11.5. The third-order valence-corrected chi connectivity index (χ3v) is 3.69. The molecule has 0 aromatic heterocycles. The molecule has 0 amide bonds. The van der Waals surface area contributed by atoms with Crippen LogP contribution in [0.1, 0.15) is 32.3 Å². The molecule has 1 aliphatic carbocycles. The second-order valence-electron chi connectivity index (χ2n) is 5.38. The van der Waals surface area contributed by atoms with Crippen LogP contribution in [0, 0.1) is 5.41 Å². The van der Waals surface area contributed by atoms with Gasteiger partial charge in [-0.2, -0.15) is 0 Å². The minimum absolute atomic E-state index is 0.0948. The van der Waals surface area contributed by atoms with Crippen LogP contribution < -0.4 is 0 Å². The molecule has 1 saturated carbocycles. The Kier molecular flexibility index (Phi) is 2.50. The molecule has 1 fully saturated rings. The first-order chi connectivity index (χ1) is 7.37. The van der Waals surface area contributed by atoms with Gasteiger partial charge in [0.15, 0.2) is 0 Å². The Balaban J connectivity index is 2.44. The zero-order valence-corrected chi connectivity index (χ0v) is 10.2. The van der Waals surface area contributed by atoms with E-state index in [4.69, 9.17) is 11.6 Å². The standard InChI is InChI=1S/C13H15ClO2/c1-12(2)7-13(8-12,11(15)16)9-5-3-4-6-10(9)14/h3-6H,7-8H2,1-2H3,(H,15,16). The lowest BCUT2D eigenvalue weighted by Gasteiger charge is -2.50. The Morgan fingerprint density at radius 3 is 2.31 bits per heavy atom. The Hall–Kier alpha value is -1.02. The molecule has 3 heteroatoms. The van der Waals surface area contributed by atoms with Gasteiger partial charge in [-0.05, 0) is 29.9 Å². The number of halogens is 1. The summed E-state index contributed by atoms with van der Waals surface area (Å²) in [5.74, 6) is -0.764. The van der Waals surface area contributed by atoms with Crippen molar-refractivity contribution in [1.82, 2.24) is 0 Å². The van der Waals surface area contributed by atoms with E-state index in [0.29, 0.717) is 17.9 Å². The highest BCUT2D eigenvalue weighted by atomic mass is 35.5. The van der Waals surface area contributed by atoms with Crippen molar-refractivity contribution in [2.75, 3.05) is 0 Å². The maximum Gasteiger partial charge on any atom is 0.314 e. The van der Waals surface area contributed by atoms with Crippen LogP contribution in [0.3, 0.4) is 0 Å². The normalized spacial score (nSPS) is 21.2. The first-order valence-electron chi connectivity index (χ1n) is 5.36. The lowest BCUT2D eigenvalue weighted by atomic mass is 9.52. The van der Waals surface area contributed by atoms with Crippen molar-refractivity contribution in [3.8, 4) is 0 Å². The molecule has 2 nitrogen and oxygen atoms in total. The summed E-state index contributed by atoms with van der Waals surface area (Å²) >= 11 is 6.10. The van der Waals surface area contributed by atoms with Crippen LogP contribution >= 0.6 is 11.6 Å². The summed E-state index contributed by atoms with van der Waals surface area (Å²) < 4.78 is 0. The van der Waals surface area contributed by atoms with E-state index in [0.717, 1.165) is 5.56 Å². The third-order valence-electron chi connectivity index (χ3n) is 3.36. The molecule has 0 saturated heterocycles. The van der Waals surface area contributed by atoms with E-state index < -0.39 is 11.4 Å². The van der Waals surface area contributed by atoms with Crippen LogP contribution in [0.2, 0.25) is 5.02 Å². The van der Waals surface area contributed by atoms with E-state index in [-0.39, 0.29) is 5.41 Å². The molecule has 0 heterocycles. The van der Waals surface area contributed by atoms with E-state index in [1.165, 1.54) is 0 Å². The number of hydrogen-bond donors (Lipinski definition) is 1. The lowest BCUT2D eigenvalue weighted by Crippen LogP contribution is -2.52. The molecule has 1 aromatic carbocycles. The monoisotopic (exact) mass is 238 g/mol. The van der Waals surface area contributed by atoms with Crippen molar-refractivity contribution in [2.45, 2.75) is 32.1 Å². The highest BCUT2D eigenvalue weighted by molar-refractivity contribution is 6.31. The van der Waals surface area contributed by atoms with Gasteiger partial charge in [-0.1, -0.05) is 43.6 Å². The first-order valence-corrected chi connectivity index (χ1v) is 5.74. The van der Waals surface area contributed by atoms with Crippen molar-refractivity contribution < 1.29 is 9.90 Å². The summed E-state index contributed by atoms with van der Waals surface area (Å²) in [6.45, 7) is 4.18. The zero-order valence-electron chi connectivity index (χ0n) is 9.46. The van der Waals surface area contributed by atoms with Crippen molar-refractivity contribution in [3.63, 3.8) is 0 Å². The average molecular weight is 239 g/mol. The van der Waals surface area contributed by atoms with E-state index in [1.54, 1.807) is 6.07 Å². The Labute approximate surface area is 100 Å². The predicted octanol–water partition coefficient (Wildman–Crippen LogP) is 3.48. The summed E-state index contributed by atoms with van der Waals surface area (Å²) in [5, 5.41) is 9.99. The molecule has 16 heavy (non-hydrogen) atoms. The van der Waals surface area contributed by atoms with E-state index in [9.17, 15) is 9.90 Å². The third kappa shape index (κ3) is 1.61.